The predicted molar refractivity (Wildman–Crippen MR) is 118 cm³/mol. The fraction of sp³-hybridized carbons (Fsp3) is 0.0909. The third kappa shape index (κ3) is 5.38. The first-order valence-corrected chi connectivity index (χ1v) is 10.5. The molecule has 142 valence electrons. The van der Waals surface area contributed by atoms with E-state index in [2.05, 4.69) is 5.32 Å². The number of hydrogen-bond acceptors (Lipinski definition) is 3. The molecule has 0 heterocycles. The van der Waals surface area contributed by atoms with Crippen molar-refractivity contribution in [1.82, 2.24) is 0 Å². The topological polar surface area (TPSA) is 46.2 Å². The monoisotopic (exact) mass is 429 g/mol. The first-order chi connectivity index (χ1) is 13.5. The first kappa shape index (κ1) is 20.5. The Hall–Kier alpha value is -2.27. The largest absolute Gasteiger partial charge is 0.325 e. The Balaban J connectivity index is 1.71. The third-order valence-corrected chi connectivity index (χ3v) is 5.53. The standard InChI is InChI=1S/C22H17Cl2NO2S/c23-16-10-11-20(18(12-16)22(27)17-8-4-5-9-19(17)24)25-21(26)14-28-13-15-6-2-1-3-7-15/h1-12H,13-14H2,(H,25,26). The number of thioether (sulfide) groups is 1. The van der Waals surface area contributed by atoms with Crippen LogP contribution < -0.4 is 5.32 Å². The number of ketones is 1. The second-order valence-corrected chi connectivity index (χ2v) is 7.85. The van der Waals surface area contributed by atoms with E-state index in [9.17, 15) is 9.59 Å². The van der Waals surface area contributed by atoms with Crippen LogP contribution in [0, 0.1) is 0 Å². The van der Waals surface area contributed by atoms with Crippen LogP contribution in [-0.2, 0) is 10.5 Å². The van der Waals surface area contributed by atoms with E-state index in [1.165, 1.54) is 11.8 Å². The molecule has 0 fully saturated rings. The summed E-state index contributed by atoms with van der Waals surface area (Å²) in [6.07, 6.45) is 0. The number of amides is 1. The molecule has 0 aromatic heterocycles. The van der Waals surface area contributed by atoms with E-state index in [-0.39, 0.29) is 17.4 Å². The molecule has 0 saturated heterocycles. The number of nitrogens with one attached hydrogen (secondary N) is 1. The zero-order chi connectivity index (χ0) is 19.9. The fourth-order valence-corrected chi connectivity index (χ4v) is 3.81. The molecule has 3 rings (SSSR count). The van der Waals surface area contributed by atoms with E-state index in [4.69, 9.17) is 23.2 Å². The van der Waals surface area contributed by atoms with Crippen LogP contribution in [0.15, 0.2) is 72.8 Å². The van der Waals surface area contributed by atoms with Gasteiger partial charge in [0.1, 0.15) is 0 Å². The molecule has 0 saturated carbocycles. The quantitative estimate of drug-likeness (QED) is 0.461. The van der Waals surface area contributed by atoms with Gasteiger partial charge in [-0.25, -0.2) is 0 Å². The molecule has 0 atom stereocenters. The van der Waals surface area contributed by atoms with Gasteiger partial charge in [-0.15, -0.1) is 11.8 Å². The summed E-state index contributed by atoms with van der Waals surface area (Å²) in [5.74, 6) is 0.536. The summed E-state index contributed by atoms with van der Waals surface area (Å²) in [5.41, 5.74) is 2.24. The second-order valence-electron chi connectivity index (χ2n) is 6.03. The average molecular weight is 430 g/mol. The Morgan fingerprint density at radius 2 is 1.57 bits per heavy atom. The lowest BCUT2D eigenvalue weighted by molar-refractivity contribution is -0.113. The van der Waals surface area contributed by atoms with Crippen LogP contribution in [0.1, 0.15) is 21.5 Å². The van der Waals surface area contributed by atoms with Crippen molar-refractivity contribution >= 4 is 52.3 Å². The molecule has 0 unspecified atom stereocenters. The summed E-state index contributed by atoms with van der Waals surface area (Å²) < 4.78 is 0. The Morgan fingerprint density at radius 3 is 2.32 bits per heavy atom. The molecule has 3 aromatic carbocycles. The van der Waals surface area contributed by atoms with Gasteiger partial charge in [0.05, 0.1) is 16.5 Å². The normalized spacial score (nSPS) is 10.5. The molecule has 1 amide bonds. The molecular formula is C22H17Cl2NO2S. The minimum absolute atomic E-state index is 0.184. The van der Waals surface area contributed by atoms with E-state index in [0.29, 0.717) is 26.9 Å². The van der Waals surface area contributed by atoms with E-state index < -0.39 is 0 Å². The van der Waals surface area contributed by atoms with Gasteiger partial charge in [0.25, 0.3) is 0 Å². The molecular weight excluding hydrogens is 413 g/mol. The number of anilines is 1. The molecule has 3 nitrogen and oxygen atoms in total. The highest BCUT2D eigenvalue weighted by atomic mass is 35.5. The molecule has 3 aromatic rings. The second kappa shape index (κ2) is 9.78. The molecule has 0 bridgehead atoms. The van der Waals surface area contributed by atoms with Crippen LogP contribution in [-0.4, -0.2) is 17.4 Å². The number of carbonyl (C=O) groups excluding carboxylic acids is 2. The minimum Gasteiger partial charge on any atom is -0.325 e. The van der Waals surface area contributed by atoms with E-state index in [0.717, 1.165) is 11.3 Å². The summed E-state index contributed by atoms with van der Waals surface area (Å²) >= 11 is 13.7. The van der Waals surface area contributed by atoms with Gasteiger partial charge in [-0.2, -0.15) is 0 Å². The highest BCUT2D eigenvalue weighted by molar-refractivity contribution is 7.99. The van der Waals surface area contributed by atoms with Crippen molar-refractivity contribution in [1.29, 1.82) is 0 Å². The van der Waals surface area contributed by atoms with Crippen molar-refractivity contribution < 1.29 is 9.59 Å². The van der Waals surface area contributed by atoms with Crippen molar-refractivity contribution in [2.24, 2.45) is 0 Å². The predicted octanol–water partition coefficient (Wildman–Crippen LogP) is 6.10. The summed E-state index contributed by atoms with van der Waals surface area (Å²) in [7, 11) is 0. The molecule has 28 heavy (non-hydrogen) atoms. The molecule has 6 heteroatoms. The van der Waals surface area contributed by atoms with Gasteiger partial charge in [0.15, 0.2) is 5.78 Å². The first-order valence-electron chi connectivity index (χ1n) is 8.55. The smallest absolute Gasteiger partial charge is 0.234 e. The maximum Gasteiger partial charge on any atom is 0.234 e. The van der Waals surface area contributed by atoms with Gasteiger partial charge in [0, 0.05) is 21.9 Å². The Morgan fingerprint density at radius 1 is 0.857 bits per heavy atom. The summed E-state index contributed by atoms with van der Waals surface area (Å²) in [5, 5.41) is 3.57. The number of hydrogen-bond donors (Lipinski definition) is 1. The number of carbonyl (C=O) groups is 2. The van der Waals surface area contributed by atoms with Crippen molar-refractivity contribution in [3.8, 4) is 0 Å². The Bertz CT molecular complexity index is 993. The van der Waals surface area contributed by atoms with Crippen molar-refractivity contribution in [3.63, 3.8) is 0 Å². The molecule has 1 N–H and O–H groups in total. The van der Waals surface area contributed by atoms with Crippen LogP contribution in [0.2, 0.25) is 10.0 Å². The van der Waals surface area contributed by atoms with Crippen LogP contribution in [0.25, 0.3) is 0 Å². The van der Waals surface area contributed by atoms with Gasteiger partial charge in [-0.05, 0) is 35.9 Å². The maximum absolute atomic E-state index is 12.9. The SMILES string of the molecule is O=C(CSCc1ccccc1)Nc1ccc(Cl)cc1C(=O)c1ccccc1Cl. The van der Waals surface area contributed by atoms with Crippen LogP contribution in [0.3, 0.4) is 0 Å². The van der Waals surface area contributed by atoms with Gasteiger partial charge in [-0.1, -0.05) is 65.7 Å². The molecule has 0 aliphatic carbocycles. The lowest BCUT2D eigenvalue weighted by Gasteiger charge is -2.12. The lowest BCUT2D eigenvalue weighted by Crippen LogP contribution is -2.17. The molecule has 0 aliphatic rings. The number of rotatable bonds is 7. The maximum atomic E-state index is 12.9. The van der Waals surface area contributed by atoms with E-state index >= 15 is 0 Å². The van der Waals surface area contributed by atoms with Crippen molar-refractivity contribution in [2.75, 3.05) is 11.1 Å². The molecule has 0 aliphatic heterocycles. The highest BCUT2D eigenvalue weighted by Crippen LogP contribution is 2.27. The van der Waals surface area contributed by atoms with Gasteiger partial charge < -0.3 is 5.32 Å². The number of benzene rings is 3. The minimum atomic E-state index is -0.291. The van der Waals surface area contributed by atoms with Crippen molar-refractivity contribution in [3.05, 3.63) is 99.5 Å². The molecule has 0 spiro atoms. The number of halogens is 2. The summed E-state index contributed by atoms with van der Waals surface area (Å²) in [6.45, 7) is 0. The van der Waals surface area contributed by atoms with Gasteiger partial charge >= 0.3 is 0 Å². The summed E-state index contributed by atoms with van der Waals surface area (Å²) in [6, 6.07) is 21.5. The van der Waals surface area contributed by atoms with Gasteiger partial charge in [-0.3, -0.25) is 9.59 Å². The molecule has 0 radical (unpaired) electrons. The van der Waals surface area contributed by atoms with Gasteiger partial charge in [0.2, 0.25) is 5.91 Å². The van der Waals surface area contributed by atoms with Crippen LogP contribution in [0.4, 0.5) is 5.69 Å². The Kier molecular flexibility index (Phi) is 7.15. The zero-order valence-electron chi connectivity index (χ0n) is 14.8. The van der Waals surface area contributed by atoms with E-state index in [1.807, 2.05) is 30.3 Å². The van der Waals surface area contributed by atoms with Crippen molar-refractivity contribution in [2.45, 2.75) is 5.75 Å². The zero-order valence-corrected chi connectivity index (χ0v) is 17.2. The summed E-state index contributed by atoms with van der Waals surface area (Å²) in [4.78, 5) is 25.3. The highest BCUT2D eigenvalue weighted by Gasteiger charge is 2.18. The fourth-order valence-electron chi connectivity index (χ4n) is 2.63. The van der Waals surface area contributed by atoms with Crippen LogP contribution in [0.5, 0.6) is 0 Å². The van der Waals surface area contributed by atoms with Crippen LogP contribution >= 0.6 is 35.0 Å². The van der Waals surface area contributed by atoms with E-state index in [1.54, 1.807) is 42.5 Å². The lowest BCUT2D eigenvalue weighted by atomic mass is 10.0. The Labute approximate surface area is 178 Å². The third-order valence-electron chi connectivity index (χ3n) is 3.96. The average Bonchev–Trinajstić information content (AvgIpc) is 2.70.